The van der Waals surface area contributed by atoms with Crippen molar-refractivity contribution in [3.63, 3.8) is 0 Å². The Labute approximate surface area is 114 Å². The lowest BCUT2D eigenvalue weighted by atomic mass is 10.2. The molecule has 1 heterocycles. The summed E-state index contributed by atoms with van der Waals surface area (Å²) in [5.74, 6) is 0.497. The maximum Gasteiger partial charge on any atom is 0.282 e. The normalized spacial score (nSPS) is 10.2. The van der Waals surface area contributed by atoms with Gasteiger partial charge in [-0.05, 0) is 24.6 Å². The van der Waals surface area contributed by atoms with Crippen LogP contribution in [0.4, 0.5) is 5.13 Å². The first-order chi connectivity index (χ1) is 9.15. The van der Waals surface area contributed by atoms with Gasteiger partial charge in [-0.25, -0.2) is 0 Å². The van der Waals surface area contributed by atoms with E-state index in [0.29, 0.717) is 13.2 Å². The van der Waals surface area contributed by atoms with Gasteiger partial charge in [0.15, 0.2) is 0 Å². The van der Waals surface area contributed by atoms with E-state index in [2.05, 4.69) is 15.5 Å². The molecule has 0 atom stereocenters. The number of nitrogens with zero attached hydrogens (tertiary/aromatic N) is 2. The minimum absolute atomic E-state index is 0.257. The summed E-state index contributed by atoms with van der Waals surface area (Å²) in [6, 6.07) is 7.73. The topological polar surface area (TPSA) is 90.1 Å². The number of amides is 1. The number of anilines is 1. The molecule has 1 amide bonds. The lowest BCUT2D eigenvalue weighted by Gasteiger charge is -2.07. The van der Waals surface area contributed by atoms with Crippen molar-refractivity contribution < 1.29 is 9.53 Å². The van der Waals surface area contributed by atoms with Gasteiger partial charge >= 0.3 is 0 Å². The zero-order chi connectivity index (χ0) is 13.7. The quantitative estimate of drug-likeness (QED) is 0.803. The van der Waals surface area contributed by atoms with E-state index in [1.54, 1.807) is 0 Å². The monoisotopic (exact) mass is 278 g/mol. The fourth-order valence-corrected chi connectivity index (χ4v) is 1.97. The molecule has 0 fully saturated rings. The second-order valence-electron chi connectivity index (χ2n) is 3.87. The van der Waals surface area contributed by atoms with Crippen LogP contribution in [0.2, 0.25) is 0 Å². The number of hydrogen-bond donors (Lipinski definition) is 2. The molecule has 100 valence electrons. The van der Waals surface area contributed by atoms with Crippen LogP contribution in [-0.2, 0) is 0 Å². The van der Waals surface area contributed by atoms with Crippen LogP contribution in [0, 0.1) is 6.92 Å². The van der Waals surface area contributed by atoms with Crippen LogP contribution in [-0.4, -0.2) is 29.3 Å². The predicted octanol–water partition coefficient (Wildman–Crippen LogP) is 1.24. The van der Waals surface area contributed by atoms with Crippen LogP contribution in [0.15, 0.2) is 24.3 Å². The van der Waals surface area contributed by atoms with Gasteiger partial charge in [-0.2, -0.15) is 0 Å². The van der Waals surface area contributed by atoms with E-state index in [1.807, 2.05) is 31.2 Å². The Kier molecular flexibility index (Phi) is 4.30. The number of nitrogen functional groups attached to an aromatic ring is 1. The van der Waals surface area contributed by atoms with E-state index in [9.17, 15) is 4.79 Å². The van der Waals surface area contributed by atoms with E-state index in [-0.39, 0.29) is 16.0 Å². The summed E-state index contributed by atoms with van der Waals surface area (Å²) < 4.78 is 5.51. The van der Waals surface area contributed by atoms with Crippen LogP contribution in [0.5, 0.6) is 5.75 Å². The molecule has 7 heteroatoms. The van der Waals surface area contributed by atoms with Crippen molar-refractivity contribution in [1.82, 2.24) is 15.5 Å². The smallest absolute Gasteiger partial charge is 0.282 e. The summed E-state index contributed by atoms with van der Waals surface area (Å²) >= 11 is 1.05. The number of nitrogens with two attached hydrogens (primary N) is 1. The number of aromatic nitrogens is 2. The van der Waals surface area contributed by atoms with Crippen molar-refractivity contribution in [3.8, 4) is 5.75 Å². The lowest BCUT2D eigenvalue weighted by Crippen LogP contribution is -2.28. The van der Waals surface area contributed by atoms with E-state index in [1.165, 1.54) is 0 Å². The molecule has 1 aromatic heterocycles. The van der Waals surface area contributed by atoms with Gasteiger partial charge in [0.25, 0.3) is 5.91 Å². The van der Waals surface area contributed by atoms with Gasteiger partial charge in [0, 0.05) is 0 Å². The van der Waals surface area contributed by atoms with Crippen molar-refractivity contribution in [2.45, 2.75) is 6.92 Å². The van der Waals surface area contributed by atoms with Crippen LogP contribution >= 0.6 is 11.3 Å². The number of aryl methyl sites for hydroxylation is 1. The van der Waals surface area contributed by atoms with Gasteiger partial charge < -0.3 is 15.8 Å². The summed E-state index contributed by atoms with van der Waals surface area (Å²) in [6.07, 6.45) is 0. The summed E-state index contributed by atoms with van der Waals surface area (Å²) in [4.78, 5) is 11.6. The Morgan fingerprint density at radius 2 is 2.32 bits per heavy atom. The van der Waals surface area contributed by atoms with Gasteiger partial charge in [0.05, 0.1) is 6.54 Å². The van der Waals surface area contributed by atoms with Crippen molar-refractivity contribution in [3.05, 3.63) is 34.8 Å². The van der Waals surface area contributed by atoms with Crippen molar-refractivity contribution in [1.29, 1.82) is 0 Å². The molecule has 0 aliphatic rings. The number of benzene rings is 1. The molecule has 0 saturated heterocycles. The largest absolute Gasteiger partial charge is 0.492 e. The molecule has 0 bridgehead atoms. The van der Waals surface area contributed by atoms with Gasteiger partial charge in [0.2, 0.25) is 10.1 Å². The number of nitrogens with one attached hydrogen (secondary N) is 1. The first-order valence-electron chi connectivity index (χ1n) is 5.72. The first kappa shape index (κ1) is 13.3. The summed E-state index contributed by atoms with van der Waals surface area (Å²) in [7, 11) is 0. The molecular weight excluding hydrogens is 264 g/mol. The molecule has 3 N–H and O–H groups in total. The third kappa shape index (κ3) is 3.92. The maximum atomic E-state index is 11.6. The highest BCUT2D eigenvalue weighted by molar-refractivity contribution is 7.16. The van der Waals surface area contributed by atoms with E-state index >= 15 is 0 Å². The van der Waals surface area contributed by atoms with E-state index < -0.39 is 0 Å². The van der Waals surface area contributed by atoms with Crippen LogP contribution in [0.3, 0.4) is 0 Å². The van der Waals surface area contributed by atoms with Gasteiger partial charge in [0.1, 0.15) is 12.4 Å². The zero-order valence-corrected chi connectivity index (χ0v) is 11.2. The minimum atomic E-state index is -0.290. The summed E-state index contributed by atoms with van der Waals surface area (Å²) in [6.45, 7) is 2.78. The molecule has 2 rings (SSSR count). The molecule has 0 aliphatic carbocycles. The third-order valence-corrected chi connectivity index (χ3v) is 3.03. The average Bonchev–Trinajstić information content (AvgIpc) is 2.81. The second-order valence-corrected chi connectivity index (χ2v) is 4.88. The summed E-state index contributed by atoms with van der Waals surface area (Å²) in [5.41, 5.74) is 6.53. The van der Waals surface area contributed by atoms with Crippen LogP contribution < -0.4 is 15.8 Å². The molecule has 0 radical (unpaired) electrons. The highest BCUT2D eigenvalue weighted by Gasteiger charge is 2.10. The van der Waals surface area contributed by atoms with E-state index in [0.717, 1.165) is 22.6 Å². The van der Waals surface area contributed by atoms with Gasteiger partial charge in [-0.3, -0.25) is 4.79 Å². The summed E-state index contributed by atoms with van der Waals surface area (Å²) in [5, 5.41) is 10.5. The van der Waals surface area contributed by atoms with Crippen molar-refractivity contribution in [2.75, 3.05) is 18.9 Å². The third-order valence-electron chi connectivity index (χ3n) is 2.28. The Balaban J connectivity index is 1.74. The number of ether oxygens (including phenoxy) is 1. The molecule has 1 aromatic carbocycles. The molecular formula is C12H14N4O2S. The maximum absolute atomic E-state index is 11.6. The standard InChI is InChI=1S/C12H14N4O2S/c1-8-3-2-4-9(7-8)18-6-5-14-10(17)11-15-16-12(13)19-11/h2-4,7H,5-6H2,1H3,(H2,13,16)(H,14,17). The second kappa shape index (κ2) is 6.14. The Morgan fingerprint density at radius 1 is 1.47 bits per heavy atom. The van der Waals surface area contributed by atoms with Crippen LogP contribution in [0.1, 0.15) is 15.4 Å². The van der Waals surface area contributed by atoms with Crippen LogP contribution in [0.25, 0.3) is 0 Å². The minimum Gasteiger partial charge on any atom is -0.492 e. The number of rotatable bonds is 5. The fourth-order valence-electron chi connectivity index (χ4n) is 1.44. The van der Waals surface area contributed by atoms with Gasteiger partial charge in [-0.1, -0.05) is 23.5 Å². The number of carbonyl (C=O) groups is 1. The fraction of sp³-hybridized carbons (Fsp3) is 0.250. The highest BCUT2D eigenvalue weighted by atomic mass is 32.1. The molecule has 2 aromatic rings. The number of carbonyl (C=O) groups excluding carboxylic acids is 1. The van der Waals surface area contributed by atoms with Crippen molar-refractivity contribution in [2.24, 2.45) is 0 Å². The molecule has 19 heavy (non-hydrogen) atoms. The molecule has 0 spiro atoms. The Hall–Kier alpha value is -2.15. The lowest BCUT2D eigenvalue weighted by molar-refractivity contribution is 0.0946. The Bertz CT molecular complexity index is 570. The van der Waals surface area contributed by atoms with Crippen molar-refractivity contribution >= 4 is 22.4 Å². The van der Waals surface area contributed by atoms with E-state index in [4.69, 9.17) is 10.5 Å². The average molecular weight is 278 g/mol. The molecule has 0 saturated carbocycles. The SMILES string of the molecule is Cc1cccc(OCCNC(=O)c2nnc(N)s2)c1. The molecule has 0 unspecified atom stereocenters. The van der Waals surface area contributed by atoms with Gasteiger partial charge in [-0.15, -0.1) is 10.2 Å². The number of hydrogen-bond acceptors (Lipinski definition) is 6. The molecule has 6 nitrogen and oxygen atoms in total. The predicted molar refractivity (Wildman–Crippen MR) is 73.3 cm³/mol. The highest BCUT2D eigenvalue weighted by Crippen LogP contribution is 2.12. The Morgan fingerprint density at radius 3 is 3.00 bits per heavy atom. The molecule has 0 aliphatic heterocycles. The zero-order valence-electron chi connectivity index (χ0n) is 10.4. The first-order valence-corrected chi connectivity index (χ1v) is 6.53.